The van der Waals surface area contributed by atoms with Crippen molar-refractivity contribution in [2.75, 3.05) is 0 Å². The predicted molar refractivity (Wildman–Crippen MR) is 98.7 cm³/mol. The molecular weight excluding hydrogens is 276 g/mol. The van der Waals surface area contributed by atoms with Crippen LogP contribution < -0.4 is 0 Å². The first-order valence-electron chi connectivity index (χ1n) is 8.81. The summed E-state index contributed by atoms with van der Waals surface area (Å²) in [5, 5.41) is 0. The fourth-order valence-electron chi connectivity index (χ4n) is 3.53. The quantitative estimate of drug-likeness (QED) is 0.567. The van der Waals surface area contributed by atoms with Crippen molar-refractivity contribution in [2.24, 2.45) is 5.92 Å². The van der Waals surface area contributed by atoms with Gasteiger partial charge in [0.05, 0.1) is 0 Å². The van der Waals surface area contributed by atoms with Gasteiger partial charge < -0.3 is 0 Å². The van der Waals surface area contributed by atoms with Gasteiger partial charge in [0.25, 0.3) is 0 Å². The highest BCUT2D eigenvalue weighted by Crippen LogP contribution is 2.35. The Bertz CT molecular complexity index is 717. The van der Waals surface area contributed by atoms with Crippen molar-refractivity contribution in [3.8, 4) is 11.8 Å². The lowest BCUT2D eigenvalue weighted by Gasteiger charge is -2.26. The van der Waals surface area contributed by atoms with Gasteiger partial charge in [-0.3, -0.25) is 0 Å². The van der Waals surface area contributed by atoms with E-state index in [4.69, 9.17) is 0 Å². The van der Waals surface area contributed by atoms with Crippen LogP contribution in [0.5, 0.6) is 0 Å². The van der Waals surface area contributed by atoms with Crippen LogP contribution in [0, 0.1) is 31.6 Å². The summed E-state index contributed by atoms with van der Waals surface area (Å²) in [4.78, 5) is 0. The molecule has 0 spiro atoms. The molecule has 0 radical (unpaired) electrons. The fraction of sp³-hybridized carbons (Fsp3) is 0.391. The van der Waals surface area contributed by atoms with E-state index in [2.05, 4.69) is 75.1 Å². The number of aryl methyl sites for hydroxylation is 2. The van der Waals surface area contributed by atoms with Crippen molar-refractivity contribution in [1.29, 1.82) is 0 Å². The van der Waals surface area contributed by atoms with Gasteiger partial charge in [-0.2, -0.15) is 0 Å². The Labute approximate surface area is 140 Å². The van der Waals surface area contributed by atoms with E-state index in [9.17, 15) is 0 Å². The molecule has 23 heavy (non-hydrogen) atoms. The molecule has 0 N–H and O–H groups in total. The molecule has 0 atom stereocenters. The van der Waals surface area contributed by atoms with Gasteiger partial charge in [0.1, 0.15) is 0 Å². The van der Waals surface area contributed by atoms with Crippen LogP contribution in [0.4, 0.5) is 0 Å². The number of rotatable bonds is 1. The first-order valence-corrected chi connectivity index (χ1v) is 8.81. The summed E-state index contributed by atoms with van der Waals surface area (Å²) >= 11 is 0. The van der Waals surface area contributed by atoms with E-state index >= 15 is 0 Å². The molecule has 1 fully saturated rings. The van der Waals surface area contributed by atoms with Crippen molar-refractivity contribution in [2.45, 2.75) is 52.4 Å². The van der Waals surface area contributed by atoms with Gasteiger partial charge in [0, 0.05) is 11.1 Å². The molecule has 0 bridgehead atoms. The topological polar surface area (TPSA) is 0 Å². The van der Waals surface area contributed by atoms with E-state index in [0.29, 0.717) is 0 Å². The summed E-state index contributed by atoms with van der Waals surface area (Å²) in [6.45, 7) is 6.63. The molecule has 118 valence electrons. The highest BCUT2D eigenvalue weighted by Gasteiger charge is 2.19. The number of hydrogen-bond acceptors (Lipinski definition) is 0. The average molecular weight is 302 g/mol. The Morgan fingerprint density at radius 2 is 1.52 bits per heavy atom. The zero-order chi connectivity index (χ0) is 16.2. The molecule has 3 rings (SSSR count). The maximum absolute atomic E-state index is 3.31. The summed E-state index contributed by atoms with van der Waals surface area (Å²) in [5.74, 6) is 8.29. The summed E-state index contributed by atoms with van der Waals surface area (Å²) in [5.41, 5.74) is 6.28. The van der Waals surface area contributed by atoms with Gasteiger partial charge in [0.15, 0.2) is 0 Å². The predicted octanol–water partition coefficient (Wildman–Crippen LogP) is 6.00. The van der Waals surface area contributed by atoms with Gasteiger partial charge in [-0.25, -0.2) is 0 Å². The molecule has 0 unspecified atom stereocenters. The largest absolute Gasteiger partial charge is 0.0625 e. The highest BCUT2D eigenvalue weighted by molar-refractivity contribution is 5.47. The molecule has 0 nitrogen and oxygen atoms in total. The number of benzene rings is 2. The minimum atomic E-state index is 0.757. The molecule has 0 saturated heterocycles. The van der Waals surface area contributed by atoms with Crippen LogP contribution in [-0.2, 0) is 0 Å². The summed E-state index contributed by atoms with van der Waals surface area (Å²) in [6, 6.07) is 15.4. The minimum absolute atomic E-state index is 0.757. The Kier molecular flexibility index (Phi) is 4.87. The molecule has 0 amide bonds. The standard InChI is InChI=1S/C23H26/c1-17-4-11-22(12-5-17)23-14-8-20(9-15-23)7-13-21-10-6-18(2)16-19(21)3/h6,8-10,14-17,22H,4-5,11-12H2,1-3H3. The Morgan fingerprint density at radius 1 is 0.826 bits per heavy atom. The molecular formula is C23H26. The third-order valence-electron chi connectivity index (χ3n) is 5.12. The van der Waals surface area contributed by atoms with Gasteiger partial charge in [-0.15, -0.1) is 0 Å². The lowest BCUT2D eigenvalue weighted by atomic mass is 9.79. The fourth-order valence-corrected chi connectivity index (χ4v) is 3.53. The molecule has 1 aliphatic carbocycles. The Hall–Kier alpha value is -2.00. The maximum Gasteiger partial charge on any atom is 0.0278 e. The smallest absolute Gasteiger partial charge is 0.0278 e. The van der Waals surface area contributed by atoms with E-state index in [1.165, 1.54) is 42.4 Å². The van der Waals surface area contributed by atoms with Gasteiger partial charge >= 0.3 is 0 Å². The molecule has 1 aliphatic rings. The van der Waals surface area contributed by atoms with Crippen molar-refractivity contribution < 1.29 is 0 Å². The van der Waals surface area contributed by atoms with E-state index in [1.807, 2.05) is 0 Å². The van der Waals surface area contributed by atoms with Crippen molar-refractivity contribution >= 4 is 0 Å². The second kappa shape index (κ2) is 7.05. The van der Waals surface area contributed by atoms with Gasteiger partial charge in [0.2, 0.25) is 0 Å². The minimum Gasteiger partial charge on any atom is -0.0625 e. The second-order valence-electron chi connectivity index (χ2n) is 7.15. The highest BCUT2D eigenvalue weighted by atomic mass is 14.2. The van der Waals surface area contributed by atoms with Crippen molar-refractivity contribution in [3.63, 3.8) is 0 Å². The Balaban J connectivity index is 1.72. The molecule has 2 aromatic carbocycles. The van der Waals surface area contributed by atoms with Crippen LogP contribution in [0.3, 0.4) is 0 Å². The lowest BCUT2D eigenvalue weighted by molar-refractivity contribution is 0.348. The molecule has 2 aromatic rings. The zero-order valence-corrected chi connectivity index (χ0v) is 14.5. The Morgan fingerprint density at radius 3 is 2.17 bits per heavy atom. The SMILES string of the molecule is Cc1ccc(C#Cc2ccc(C3CCC(C)CC3)cc2)c(C)c1. The monoisotopic (exact) mass is 302 g/mol. The van der Waals surface area contributed by atoms with Crippen LogP contribution >= 0.6 is 0 Å². The zero-order valence-electron chi connectivity index (χ0n) is 14.5. The summed E-state index contributed by atoms with van der Waals surface area (Å²) in [6.07, 6.45) is 5.43. The van der Waals surface area contributed by atoms with Gasteiger partial charge in [-0.05, 0) is 67.9 Å². The van der Waals surface area contributed by atoms with E-state index in [0.717, 1.165) is 23.0 Å². The summed E-state index contributed by atoms with van der Waals surface area (Å²) in [7, 11) is 0. The van der Waals surface area contributed by atoms with E-state index < -0.39 is 0 Å². The number of hydrogen-bond donors (Lipinski definition) is 0. The molecule has 0 heteroatoms. The van der Waals surface area contributed by atoms with Crippen LogP contribution in [0.25, 0.3) is 0 Å². The molecule has 0 aromatic heterocycles. The van der Waals surface area contributed by atoms with Crippen molar-refractivity contribution in [1.82, 2.24) is 0 Å². The van der Waals surface area contributed by atoms with Crippen molar-refractivity contribution in [3.05, 3.63) is 70.3 Å². The average Bonchev–Trinajstić information content (AvgIpc) is 2.55. The summed E-state index contributed by atoms with van der Waals surface area (Å²) < 4.78 is 0. The van der Waals surface area contributed by atoms with E-state index in [-0.39, 0.29) is 0 Å². The van der Waals surface area contributed by atoms with Crippen LogP contribution in [0.2, 0.25) is 0 Å². The third-order valence-corrected chi connectivity index (χ3v) is 5.12. The first kappa shape index (κ1) is 15.9. The van der Waals surface area contributed by atoms with Crippen LogP contribution in [0.15, 0.2) is 42.5 Å². The maximum atomic E-state index is 3.31. The molecule has 0 aliphatic heterocycles. The van der Waals surface area contributed by atoms with E-state index in [1.54, 1.807) is 0 Å². The van der Waals surface area contributed by atoms with Crippen LogP contribution in [0.1, 0.15) is 66.3 Å². The second-order valence-corrected chi connectivity index (χ2v) is 7.15. The molecule has 1 saturated carbocycles. The normalized spacial score (nSPS) is 20.7. The molecule has 0 heterocycles. The lowest BCUT2D eigenvalue weighted by Crippen LogP contribution is -2.10. The van der Waals surface area contributed by atoms with Crippen LogP contribution in [-0.4, -0.2) is 0 Å². The third kappa shape index (κ3) is 4.05. The first-order chi connectivity index (χ1) is 11.1. The van der Waals surface area contributed by atoms with Gasteiger partial charge in [-0.1, -0.05) is 61.4 Å².